The molecule has 1 fully saturated rings. The molecule has 8 nitrogen and oxygen atoms in total. The Kier molecular flexibility index (Phi) is 10.6. The lowest BCUT2D eigenvalue weighted by molar-refractivity contribution is -0.207. The van der Waals surface area contributed by atoms with Crippen molar-refractivity contribution in [2.24, 2.45) is 0 Å². The molecule has 0 bridgehead atoms. The van der Waals surface area contributed by atoms with Crippen LogP contribution in [0.25, 0.3) is 0 Å². The van der Waals surface area contributed by atoms with E-state index in [2.05, 4.69) is 9.97 Å². The highest BCUT2D eigenvalue weighted by Gasteiger charge is 2.44. The lowest BCUT2D eigenvalue weighted by Crippen LogP contribution is -2.50. The summed E-state index contributed by atoms with van der Waals surface area (Å²) in [6.07, 6.45) is -0.0230. The number of fused-ring (bicyclic) bond motifs is 1. The van der Waals surface area contributed by atoms with Gasteiger partial charge in [0.25, 0.3) is 0 Å². The molecule has 1 spiro atoms. The van der Waals surface area contributed by atoms with Gasteiger partial charge in [-0.3, -0.25) is 4.90 Å². The van der Waals surface area contributed by atoms with Gasteiger partial charge in [0, 0.05) is 56.6 Å². The summed E-state index contributed by atoms with van der Waals surface area (Å²) in [5.41, 5.74) is 2.08. The van der Waals surface area contributed by atoms with Crippen molar-refractivity contribution in [2.45, 2.75) is 75.1 Å². The number of esters is 1. The summed E-state index contributed by atoms with van der Waals surface area (Å²) in [7, 11) is 1.56. The monoisotopic (exact) mass is 617 g/mol. The molecule has 226 valence electrons. The third-order valence-electron chi connectivity index (χ3n) is 7.28. The van der Waals surface area contributed by atoms with Crippen molar-refractivity contribution in [1.82, 2.24) is 14.9 Å². The highest BCUT2D eigenvalue weighted by atomic mass is 35.5. The summed E-state index contributed by atoms with van der Waals surface area (Å²) in [6, 6.07) is 5.56. The van der Waals surface area contributed by atoms with E-state index >= 15 is 0 Å². The van der Waals surface area contributed by atoms with Crippen molar-refractivity contribution >= 4 is 29.3 Å². The molecule has 13 heteroatoms. The van der Waals surface area contributed by atoms with E-state index in [0.29, 0.717) is 48.2 Å². The van der Waals surface area contributed by atoms with Gasteiger partial charge < -0.3 is 18.9 Å². The number of thioether (sulfide) groups is 1. The minimum Gasteiger partial charge on any atom is -0.487 e. The molecule has 1 aromatic heterocycles. The number of carbonyl (C=O) groups excluding carboxylic acids is 1. The van der Waals surface area contributed by atoms with Crippen molar-refractivity contribution in [3.8, 4) is 11.6 Å². The molecular formula is C28H35ClF3N3O5S. The predicted octanol–water partition coefficient (Wildman–Crippen LogP) is 5.66. The number of rotatable bonds is 12. The zero-order valence-electron chi connectivity index (χ0n) is 23.4. The molecule has 1 aromatic carbocycles. The second kappa shape index (κ2) is 13.8. The maximum atomic E-state index is 13.2. The minimum atomic E-state index is -5.12. The van der Waals surface area contributed by atoms with Gasteiger partial charge >= 0.3 is 12.1 Å². The number of aromatic nitrogens is 2. The zero-order valence-corrected chi connectivity index (χ0v) is 25.0. The SMILES string of the molecule is CCCCc1c(COC)nc(SC)nc1OC[C@H](CN1CCC2(CC1)Cc1cc(Cl)ccc1O2)OC(=O)C(F)(F)F. The molecule has 0 radical (unpaired) electrons. The average Bonchev–Trinajstić information content (AvgIpc) is 3.28. The Bertz CT molecular complexity index is 1210. The molecular weight excluding hydrogens is 583 g/mol. The molecule has 0 N–H and O–H groups in total. The van der Waals surface area contributed by atoms with Gasteiger partial charge in [-0.2, -0.15) is 18.2 Å². The number of benzene rings is 1. The fraction of sp³-hybridized carbons (Fsp3) is 0.607. The van der Waals surface area contributed by atoms with Gasteiger partial charge in [-0.25, -0.2) is 9.78 Å². The van der Waals surface area contributed by atoms with Crippen LogP contribution >= 0.6 is 23.4 Å². The quantitative estimate of drug-likeness (QED) is 0.170. The number of methoxy groups -OCH3 is 1. The van der Waals surface area contributed by atoms with Gasteiger partial charge in [-0.05, 0) is 42.9 Å². The highest BCUT2D eigenvalue weighted by Crippen LogP contribution is 2.42. The van der Waals surface area contributed by atoms with E-state index in [-0.39, 0.29) is 31.2 Å². The zero-order chi connectivity index (χ0) is 29.6. The van der Waals surface area contributed by atoms with E-state index in [4.69, 9.17) is 30.5 Å². The Morgan fingerprint density at radius 2 is 2.02 bits per heavy atom. The Morgan fingerprint density at radius 1 is 1.27 bits per heavy atom. The van der Waals surface area contributed by atoms with Crippen LogP contribution in [0.2, 0.25) is 5.02 Å². The molecule has 2 aliphatic rings. The van der Waals surface area contributed by atoms with E-state index in [9.17, 15) is 18.0 Å². The number of halogens is 4. The normalized spacial score (nSPS) is 17.2. The lowest BCUT2D eigenvalue weighted by Gasteiger charge is -2.39. The fourth-order valence-electron chi connectivity index (χ4n) is 5.18. The van der Waals surface area contributed by atoms with Crippen LogP contribution in [-0.4, -0.2) is 78.3 Å². The molecule has 0 amide bonds. The van der Waals surface area contributed by atoms with Crippen molar-refractivity contribution in [3.63, 3.8) is 0 Å². The maximum Gasteiger partial charge on any atom is 0.490 e. The Morgan fingerprint density at radius 3 is 2.68 bits per heavy atom. The first-order valence-electron chi connectivity index (χ1n) is 13.6. The highest BCUT2D eigenvalue weighted by molar-refractivity contribution is 7.98. The lowest BCUT2D eigenvalue weighted by atomic mass is 9.87. The first-order valence-corrected chi connectivity index (χ1v) is 15.2. The number of nitrogens with zero attached hydrogens (tertiary/aromatic N) is 3. The second-order valence-electron chi connectivity index (χ2n) is 10.3. The van der Waals surface area contributed by atoms with Gasteiger partial charge in [0.05, 0.1) is 12.3 Å². The second-order valence-corrected chi connectivity index (χ2v) is 11.5. The number of carbonyl (C=O) groups is 1. The smallest absolute Gasteiger partial charge is 0.487 e. The minimum absolute atomic E-state index is 0.0758. The summed E-state index contributed by atoms with van der Waals surface area (Å²) in [5.74, 6) is -1.16. The molecule has 41 heavy (non-hydrogen) atoms. The Balaban J connectivity index is 1.46. The first-order chi connectivity index (χ1) is 19.6. The van der Waals surface area contributed by atoms with Crippen LogP contribution in [0.3, 0.4) is 0 Å². The standard InChI is InChI=1S/C28H35ClF3N3O5S/c1-4-5-6-21-22(17-37-2)33-26(41-3)34-24(21)38-16-20(39-25(36)28(30,31)32)15-35-11-9-27(10-12-35)14-18-13-19(29)7-8-23(18)40-27/h7-8,13,20H,4-6,9-12,14-17H2,1-3H3/t20-/m0/s1. The Hall–Kier alpha value is -2.28. The number of piperidine rings is 1. The van der Waals surface area contributed by atoms with Crippen LogP contribution in [0.4, 0.5) is 13.2 Å². The molecule has 0 aliphatic carbocycles. The molecule has 1 saturated heterocycles. The van der Waals surface area contributed by atoms with E-state index in [1.54, 1.807) is 13.2 Å². The number of alkyl halides is 3. The van der Waals surface area contributed by atoms with E-state index < -0.39 is 18.2 Å². The number of hydrogen-bond donors (Lipinski definition) is 0. The number of unbranched alkanes of at least 4 members (excludes halogenated alkanes) is 1. The first kappa shape index (κ1) is 31.7. The average molecular weight is 618 g/mol. The summed E-state index contributed by atoms with van der Waals surface area (Å²) in [6.45, 7) is 3.20. The van der Waals surface area contributed by atoms with Gasteiger partial charge in [0.2, 0.25) is 5.88 Å². The topological polar surface area (TPSA) is 83.0 Å². The summed E-state index contributed by atoms with van der Waals surface area (Å²) >= 11 is 7.46. The maximum absolute atomic E-state index is 13.2. The van der Waals surface area contributed by atoms with Crippen LogP contribution in [-0.2, 0) is 33.7 Å². The van der Waals surface area contributed by atoms with Crippen molar-refractivity contribution in [3.05, 3.63) is 40.0 Å². The molecule has 1 atom stereocenters. The van der Waals surface area contributed by atoms with Crippen LogP contribution in [0.15, 0.2) is 23.4 Å². The van der Waals surface area contributed by atoms with Gasteiger partial charge in [0.1, 0.15) is 24.1 Å². The molecule has 0 saturated carbocycles. The predicted molar refractivity (Wildman–Crippen MR) is 149 cm³/mol. The van der Waals surface area contributed by atoms with Crippen molar-refractivity contribution < 1.29 is 36.9 Å². The summed E-state index contributed by atoms with van der Waals surface area (Å²) in [4.78, 5) is 22.8. The van der Waals surface area contributed by atoms with Crippen molar-refractivity contribution in [1.29, 1.82) is 0 Å². The van der Waals surface area contributed by atoms with E-state index in [1.807, 2.05) is 30.2 Å². The molecule has 4 rings (SSSR count). The van der Waals surface area contributed by atoms with Crippen LogP contribution in [0.1, 0.15) is 49.4 Å². The third kappa shape index (κ3) is 8.18. The summed E-state index contributed by atoms with van der Waals surface area (Å²) < 4.78 is 62.0. The summed E-state index contributed by atoms with van der Waals surface area (Å²) in [5, 5.41) is 1.10. The molecule has 2 aromatic rings. The largest absolute Gasteiger partial charge is 0.490 e. The number of likely N-dealkylation sites (tertiary alicyclic amines) is 1. The van der Waals surface area contributed by atoms with E-state index in [1.165, 1.54) is 11.8 Å². The molecule has 3 heterocycles. The Labute approximate surface area is 247 Å². The van der Waals surface area contributed by atoms with Crippen LogP contribution in [0, 0.1) is 0 Å². The van der Waals surface area contributed by atoms with Crippen LogP contribution < -0.4 is 9.47 Å². The number of hydrogen-bond acceptors (Lipinski definition) is 9. The molecule has 0 unspecified atom stereocenters. The van der Waals surface area contributed by atoms with Gasteiger partial charge in [-0.15, -0.1) is 0 Å². The molecule has 2 aliphatic heterocycles. The van der Waals surface area contributed by atoms with E-state index in [0.717, 1.165) is 36.1 Å². The van der Waals surface area contributed by atoms with Crippen LogP contribution in [0.5, 0.6) is 11.6 Å². The third-order valence-corrected chi connectivity index (χ3v) is 8.06. The van der Waals surface area contributed by atoms with Crippen molar-refractivity contribution in [2.75, 3.05) is 39.6 Å². The fourth-order valence-corrected chi connectivity index (χ4v) is 5.75. The number of ether oxygens (including phenoxy) is 4. The van der Waals surface area contributed by atoms with Gasteiger partial charge in [-0.1, -0.05) is 36.7 Å². The van der Waals surface area contributed by atoms with Gasteiger partial charge in [0.15, 0.2) is 5.16 Å².